The van der Waals surface area contributed by atoms with Crippen molar-refractivity contribution in [2.24, 2.45) is 11.3 Å². The Kier molecular flexibility index (Phi) is 8.34. The molecule has 0 unspecified atom stereocenters. The number of carbonyl (C=O) groups is 2. The molecule has 0 bridgehead atoms. The molecule has 2 saturated heterocycles. The quantitative estimate of drug-likeness (QED) is 0.352. The van der Waals surface area contributed by atoms with Crippen molar-refractivity contribution in [3.05, 3.63) is 42.0 Å². The van der Waals surface area contributed by atoms with Gasteiger partial charge in [0.15, 0.2) is 0 Å². The Hall–Kier alpha value is -3.12. The Morgan fingerprint density at radius 3 is 2.44 bits per heavy atom. The van der Waals surface area contributed by atoms with Crippen molar-refractivity contribution >= 4 is 11.8 Å². The van der Waals surface area contributed by atoms with Gasteiger partial charge in [0, 0.05) is 12.1 Å². The summed E-state index contributed by atoms with van der Waals surface area (Å²) < 4.78 is 61.1. The van der Waals surface area contributed by atoms with Crippen LogP contribution in [0.5, 0.6) is 5.88 Å². The third-order valence-electron chi connectivity index (χ3n) is 8.85. The van der Waals surface area contributed by atoms with Crippen LogP contribution in [0.3, 0.4) is 0 Å². The highest BCUT2D eigenvalue weighted by molar-refractivity contribution is 6.07. The van der Waals surface area contributed by atoms with Crippen LogP contribution in [0.4, 0.5) is 17.6 Å². The third-order valence-corrected chi connectivity index (χ3v) is 8.85. The molecule has 1 aliphatic carbocycles. The largest absolute Gasteiger partial charge is 0.476 e. The molecule has 1 aromatic carbocycles. The van der Waals surface area contributed by atoms with Crippen LogP contribution in [0, 0.1) is 17.2 Å². The number of alkyl halides is 3. The molecule has 8 nitrogen and oxygen atoms in total. The van der Waals surface area contributed by atoms with E-state index in [0.29, 0.717) is 56.2 Å². The fourth-order valence-corrected chi connectivity index (χ4v) is 5.87. The maximum absolute atomic E-state index is 14.8. The molecule has 41 heavy (non-hydrogen) atoms. The summed E-state index contributed by atoms with van der Waals surface area (Å²) in [6.45, 7) is 4.08. The van der Waals surface area contributed by atoms with Crippen LogP contribution < -0.4 is 15.4 Å². The number of carbonyl (C=O) groups excluding carboxylic acids is 2. The van der Waals surface area contributed by atoms with Crippen LogP contribution in [-0.4, -0.2) is 71.2 Å². The first kappa shape index (κ1) is 29.4. The van der Waals surface area contributed by atoms with Crippen molar-refractivity contribution in [2.45, 2.75) is 63.6 Å². The third kappa shape index (κ3) is 6.38. The van der Waals surface area contributed by atoms with Crippen molar-refractivity contribution in [2.75, 3.05) is 32.8 Å². The standard InChI is InChI=1S/C29H35F4N5O3/c1-27(8-3-11-36-27)26(40)37-25(39)21-5-4-20(14-22(21)30)23-15-35-24(16-34-23)41-17-19-6-12-38(13-7-19)18-28(9-2-10-28)29(31,32)33/h4-5,14-16,19,36H,2-3,6-13,17-18H2,1H3,(H,37,39,40)/t27-/m0/s1. The van der Waals surface area contributed by atoms with Gasteiger partial charge in [0.25, 0.3) is 5.91 Å². The van der Waals surface area contributed by atoms with E-state index in [-0.39, 0.29) is 30.9 Å². The number of halogens is 4. The molecule has 222 valence electrons. The van der Waals surface area contributed by atoms with E-state index in [1.165, 1.54) is 30.6 Å². The first-order valence-electron chi connectivity index (χ1n) is 14.1. The molecule has 0 spiro atoms. The fraction of sp³-hybridized carbons (Fsp3) is 0.586. The normalized spacial score (nSPS) is 23.1. The first-order valence-corrected chi connectivity index (χ1v) is 14.1. The van der Waals surface area contributed by atoms with Gasteiger partial charge in [-0.05, 0) is 83.1 Å². The van der Waals surface area contributed by atoms with Crippen LogP contribution >= 0.6 is 0 Å². The number of likely N-dealkylation sites (tertiary alicyclic amines) is 1. The van der Waals surface area contributed by atoms with Gasteiger partial charge in [-0.3, -0.25) is 14.9 Å². The molecule has 2 amide bonds. The monoisotopic (exact) mass is 577 g/mol. The predicted octanol–water partition coefficient (Wildman–Crippen LogP) is 4.50. The van der Waals surface area contributed by atoms with Gasteiger partial charge in [0.05, 0.1) is 41.2 Å². The van der Waals surface area contributed by atoms with Crippen molar-refractivity contribution in [3.63, 3.8) is 0 Å². The molecule has 1 atom stereocenters. The van der Waals surface area contributed by atoms with Crippen LogP contribution in [-0.2, 0) is 4.79 Å². The molecule has 12 heteroatoms. The Balaban J connectivity index is 1.10. The van der Waals surface area contributed by atoms with Gasteiger partial charge in [-0.1, -0.05) is 12.5 Å². The number of piperidine rings is 1. The highest BCUT2D eigenvalue weighted by atomic mass is 19.4. The number of rotatable bonds is 8. The lowest BCUT2D eigenvalue weighted by Crippen LogP contribution is -2.53. The van der Waals surface area contributed by atoms with E-state index in [9.17, 15) is 27.2 Å². The average molecular weight is 578 g/mol. The van der Waals surface area contributed by atoms with E-state index in [4.69, 9.17) is 4.74 Å². The number of ether oxygens (including phenoxy) is 1. The molecule has 3 fully saturated rings. The van der Waals surface area contributed by atoms with Crippen LogP contribution in [0.15, 0.2) is 30.6 Å². The van der Waals surface area contributed by atoms with E-state index in [2.05, 4.69) is 20.6 Å². The molecule has 5 rings (SSSR count). The number of nitrogens with zero attached hydrogens (tertiary/aromatic N) is 3. The zero-order valence-corrected chi connectivity index (χ0v) is 23.0. The molecule has 1 saturated carbocycles. The Morgan fingerprint density at radius 2 is 1.88 bits per heavy atom. The van der Waals surface area contributed by atoms with Crippen molar-refractivity contribution in [3.8, 4) is 17.1 Å². The van der Waals surface area contributed by atoms with E-state index >= 15 is 0 Å². The molecule has 2 N–H and O–H groups in total. The Morgan fingerprint density at radius 1 is 1.12 bits per heavy atom. The summed E-state index contributed by atoms with van der Waals surface area (Å²) in [6, 6.07) is 4.00. The summed E-state index contributed by atoms with van der Waals surface area (Å²) in [6.07, 6.45) is 2.72. The van der Waals surface area contributed by atoms with Crippen molar-refractivity contribution in [1.29, 1.82) is 0 Å². The smallest absolute Gasteiger partial charge is 0.395 e. The maximum atomic E-state index is 14.8. The minimum atomic E-state index is -4.15. The Bertz CT molecular complexity index is 1250. The van der Waals surface area contributed by atoms with Gasteiger partial charge in [-0.25, -0.2) is 14.4 Å². The second kappa shape index (κ2) is 11.6. The average Bonchev–Trinajstić information content (AvgIpc) is 3.37. The molecular formula is C29H35F4N5O3. The molecule has 3 aliphatic rings. The lowest BCUT2D eigenvalue weighted by Gasteiger charge is -2.47. The second-order valence-corrected chi connectivity index (χ2v) is 11.7. The summed E-state index contributed by atoms with van der Waals surface area (Å²) in [4.78, 5) is 35.5. The number of hydrogen-bond acceptors (Lipinski definition) is 7. The van der Waals surface area contributed by atoms with E-state index in [1.807, 2.05) is 4.90 Å². The summed E-state index contributed by atoms with van der Waals surface area (Å²) in [5.41, 5.74) is -1.84. The molecule has 2 aromatic rings. The van der Waals surface area contributed by atoms with Crippen LogP contribution in [0.25, 0.3) is 11.3 Å². The van der Waals surface area contributed by atoms with Gasteiger partial charge < -0.3 is 15.0 Å². The van der Waals surface area contributed by atoms with Gasteiger partial charge in [-0.15, -0.1) is 0 Å². The highest BCUT2D eigenvalue weighted by Crippen LogP contribution is 2.53. The number of benzene rings is 1. The van der Waals surface area contributed by atoms with Gasteiger partial charge >= 0.3 is 6.18 Å². The predicted molar refractivity (Wildman–Crippen MR) is 143 cm³/mol. The number of amides is 2. The summed E-state index contributed by atoms with van der Waals surface area (Å²) >= 11 is 0. The molecule has 2 aliphatic heterocycles. The molecule has 1 aromatic heterocycles. The Labute approximate surface area is 236 Å². The summed E-state index contributed by atoms with van der Waals surface area (Å²) in [5, 5.41) is 5.34. The zero-order chi connectivity index (χ0) is 29.3. The summed E-state index contributed by atoms with van der Waals surface area (Å²) in [5.74, 6) is -1.57. The van der Waals surface area contributed by atoms with Crippen LogP contribution in [0.1, 0.15) is 62.2 Å². The number of aromatic nitrogens is 2. The minimum Gasteiger partial charge on any atom is -0.476 e. The number of nitrogens with one attached hydrogen (secondary N) is 2. The SMILES string of the molecule is C[C@@]1(C(=O)NC(=O)c2ccc(-c3cnc(OCC4CCN(CC5(C(F)(F)F)CCC5)CC4)cn3)cc2F)CCCN1. The second-order valence-electron chi connectivity index (χ2n) is 11.7. The summed E-state index contributed by atoms with van der Waals surface area (Å²) in [7, 11) is 0. The molecular weight excluding hydrogens is 542 g/mol. The van der Waals surface area contributed by atoms with E-state index < -0.39 is 34.8 Å². The number of hydrogen-bond donors (Lipinski definition) is 2. The van der Waals surface area contributed by atoms with Gasteiger partial charge in [-0.2, -0.15) is 13.2 Å². The van der Waals surface area contributed by atoms with Gasteiger partial charge in [0.2, 0.25) is 11.8 Å². The van der Waals surface area contributed by atoms with Crippen molar-refractivity contribution in [1.82, 2.24) is 25.5 Å². The topological polar surface area (TPSA) is 96.5 Å². The lowest BCUT2D eigenvalue weighted by molar-refractivity contribution is -0.256. The maximum Gasteiger partial charge on any atom is 0.395 e. The van der Waals surface area contributed by atoms with Gasteiger partial charge in [0.1, 0.15) is 5.82 Å². The van der Waals surface area contributed by atoms with E-state index in [0.717, 1.165) is 19.3 Å². The highest BCUT2D eigenvalue weighted by Gasteiger charge is 2.58. The zero-order valence-electron chi connectivity index (χ0n) is 23.0. The minimum absolute atomic E-state index is 0.0816. The van der Waals surface area contributed by atoms with Crippen LogP contribution in [0.2, 0.25) is 0 Å². The van der Waals surface area contributed by atoms with Crippen molar-refractivity contribution < 1.29 is 31.9 Å². The first-order chi connectivity index (χ1) is 19.5. The fourth-order valence-electron chi connectivity index (χ4n) is 5.87. The molecule has 3 heterocycles. The number of imide groups is 1. The molecule has 0 radical (unpaired) electrons. The lowest BCUT2D eigenvalue weighted by atomic mass is 9.67. The van der Waals surface area contributed by atoms with E-state index in [1.54, 1.807) is 6.92 Å².